The van der Waals surface area contributed by atoms with Crippen LogP contribution in [-0.2, 0) is 4.79 Å². The number of allylic oxidation sites excluding steroid dienone is 2. The van der Waals surface area contributed by atoms with Gasteiger partial charge in [0.05, 0.1) is 0 Å². The standard InChI is InChI=1S/C12F10O2/c13-1-2(14)5(17)9(6(18)3(1)15)24-12(22)10(21)7(19)4(16)8(20)11(12)23. The summed E-state index contributed by atoms with van der Waals surface area (Å²) in [6, 6.07) is 0. The molecule has 0 heterocycles. The van der Waals surface area contributed by atoms with Crippen molar-refractivity contribution in [3.05, 3.63) is 52.4 Å². The number of carbonyl (C=O) groups excluding carboxylic acids is 1. The number of carbonyl (C=O) groups is 1. The molecule has 0 fully saturated rings. The largest absolute Gasteiger partial charge is 0.439 e. The van der Waals surface area contributed by atoms with E-state index in [1.807, 2.05) is 0 Å². The van der Waals surface area contributed by atoms with Crippen LogP contribution in [0.15, 0.2) is 23.3 Å². The maximum atomic E-state index is 14.1. The number of halogens is 10. The highest BCUT2D eigenvalue weighted by Crippen LogP contribution is 2.43. The van der Waals surface area contributed by atoms with Crippen LogP contribution in [0.25, 0.3) is 0 Å². The first-order valence-electron chi connectivity index (χ1n) is 5.50. The smallest absolute Gasteiger partial charge is 0.370 e. The van der Waals surface area contributed by atoms with Gasteiger partial charge in [0, 0.05) is 0 Å². The van der Waals surface area contributed by atoms with Gasteiger partial charge in [0.15, 0.2) is 0 Å². The lowest BCUT2D eigenvalue weighted by Crippen LogP contribution is -2.44. The number of ether oxygens (including phenoxy) is 1. The van der Waals surface area contributed by atoms with Crippen LogP contribution in [0.4, 0.5) is 43.9 Å². The summed E-state index contributed by atoms with van der Waals surface area (Å²) in [5.41, 5.74) is 0. The maximum Gasteiger partial charge on any atom is 0.370 e. The number of benzene rings is 1. The van der Waals surface area contributed by atoms with Crippen LogP contribution in [-0.4, -0.2) is 11.6 Å². The number of Topliss-reactive ketones (excluding diaryl/α,β-unsaturated/α-hetero) is 1. The number of rotatable bonds is 2. The molecule has 1 aromatic carbocycles. The number of hydrogen-bond acceptors (Lipinski definition) is 2. The third-order valence-corrected chi connectivity index (χ3v) is 2.76. The predicted molar refractivity (Wildman–Crippen MR) is 54.2 cm³/mol. The van der Waals surface area contributed by atoms with E-state index in [1.54, 1.807) is 0 Å². The normalized spacial score (nSPS) is 21.7. The summed E-state index contributed by atoms with van der Waals surface area (Å²) in [5, 5.41) is 0. The summed E-state index contributed by atoms with van der Waals surface area (Å²) in [6.07, 6.45) is 0. The van der Waals surface area contributed by atoms with Gasteiger partial charge < -0.3 is 4.74 Å². The van der Waals surface area contributed by atoms with Gasteiger partial charge >= 0.3 is 5.85 Å². The van der Waals surface area contributed by atoms with E-state index in [0.717, 1.165) is 0 Å². The second-order valence-corrected chi connectivity index (χ2v) is 4.18. The van der Waals surface area contributed by atoms with E-state index in [9.17, 15) is 48.7 Å². The lowest BCUT2D eigenvalue weighted by molar-refractivity contribution is -0.147. The Bertz CT molecular complexity index is 799. The summed E-state index contributed by atoms with van der Waals surface area (Å²) < 4.78 is 135. The SMILES string of the molecule is O=C1C(F)=C(F)C(F)=C(F)C1(F)Oc1c(F)c(F)c(F)c(F)c1F. The zero-order valence-electron chi connectivity index (χ0n) is 10.6. The van der Waals surface area contributed by atoms with Gasteiger partial charge in [-0.05, 0) is 0 Å². The molecule has 1 aliphatic carbocycles. The quantitative estimate of drug-likeness (QED) is 0.443. The molecule has 0 bridgehead atoms. The highest BCUT2D eigenvalue weighted by molar-refractivity contribution is 6.03. The summed E-state index contributed by atoms with van der Waals surface area (Å²) in [5.74, 6) is -36.0. The van der Waals surface area contributed by atoms with Gasteiger partial charge in [-0.1, -0.05) is 0 Å². The van der Waals surface area contributed by atoms with E-state index >= 15 is 0 Å². The number of ketones is 1. The molecule has 2 nitrogen and oxygen atoms in total. The molecule has 0 amide bonds. The van der Waals surface area contributed by atoms with E-state index in [0.29, 0.717) is 0 Å². The van der Waals surface area contributed by atoms with Crippen LogP contribution in [0.1, 0.15) is 0 Å². The molecule has 0 saturated heterocycles. The van der Waals surface area contributed by atoms with Gasteiger partial charge in [0.25, 0.3) is 5.78 Å². The van der Waals surface area contributed by atoms with Crippen molar-refractivity contribution in [1.82, 2.24) is 0 Å². The van der Waals surface area contributed by atoms with E-state index in [1.165, 1.54) is 0 Å². The second kappa shape index (κ2) is 5.53. The van der Waals surface area contributed by atoms with Crippen LogP contribution < -0.4 is 4.74 Å². The third-order valence-electron chi connectivity index (χ3n) is 2.76. The minimum atomic E-state index is -5.03. The fraction of sp³-hybridized carbons (Fsp3) is 0.0833. The van der Waals surface area contributed by atoms with Gasteiger partial charge in [-0.15, -0.1) is 0 Å². The molecule has 0 N–H and O–H groups in total. The average Bonchev–Trinajstić information content (AvgIpc) is 2.57. The average molecular weight is 366 g/mol. The van der Waals surface area contributed by atoms with Gasteiger partial charge in [0.2, 0.25) is 58.1 Å². The Morgan fingerprint density at radius 2 is 1.04 bits per heavy atom. The fourth-order valence-corrected chi connectivity index (χ4v) is 1.58. The molecule has 1 unspecified atom stereocenters. The Labute approximate surface area is 124 Å². The molecule has 0 aliphatic heterocycles. The lowest BCUT2D eigenvalue weighted by atomic mass is 10.0. The predicted octanol–water partition coefficient (Wildman–Crippen LogP) is 4.31. The first-order chi connectivity index (χ1) is 10.9. The van der Waals surface area contributed by atoms with Crippen molar-refractivity contribution in [3.8, 4) is 5.75 Å². The highest BCUT2D eigenvalue weighted by Gasteiger charge is 2.56. The van der Waals surface area contributed by atoms with Crippen molar-refractivity contribution in [2.45, 2.75) is 5.85 Å². The van der Waals surface area contributed by atoms with Crippen LogP contribution >= 0.6 is 0 Å². The van der Waals surface area contributed by atoms with E-state index in [2.05, 4.69) is 4.74 Å². The van der Waals surface area contributed by atoms with Crippen molar-refractivity contribution in [1.29, 1.82) is 0 Å². The Morgan fingerprint density at radius 3 is 1.50 bits per heavy atom. The fourth-order valence-electron chi connectivity index (χ4n) is 1.58. The molecule has 1 aromatic rings. The molecule has 1 atom stereocenters. The Hall–Kier alpha value is -2.53. The van der Waals surface area contributed by atoms with Crippen molar-refractivity contribution in [3.63, 3.8) is 0 Å². The maximum absolute atomic E-state index is 14.1. The van der Waals surface area contributed by atoms with Crippen molar-refractivity contribution >= 4 is 5.78 Å². The molecule has 12 heteroatoms. The minimum absolute atomic E-state index is 2.54. The second-order valence-electron chi connectivity index (χ2n) is 4.18. The topological polar surface area (TPSA) is 26.3 Å². The van der Waals surface area contributed by atoms with E-state index in [-0.39, 0.29) is 0 Å². The Morgan fingerprint density at radius 1 is 0.625 bits per heavy atom. The Balaban J connectivity index is 2.67. The minimum Gasteiger partial charge on any atom is -0.439 e. The van der Waals surface area contributed by atoms with Gasteiger partial charge in [-0.25, -0.2) is 26.3 Å². The first kappa shape index (κ1) is 17.8. The van der Waals surface area contributed by atoms with E-state index in [4.69, 9.17) is 0 Å². The molecule has 24 heavy (non-hydrogen) atoms. The van der Waals surface area contributed by atoms with Crippen LogP contribution in [0.2, 0.25) is 0 Å². The zero-order valence-corrected chi connectivity index (χ0v) is 10.6. The highest BCUT2D eigenvalue weighted by atomic mass is 19.2. The molecular weight excluding hydrogens is 366 g/mol. The number of hydrogen-bond donors (Lipinski definition) is 0. The molecule has 0 spiro atoms. The first-order valence-corrected chi connectivity index (χ1v) is 5.50. The molecule has 0 radical (unpaired) electrons. The Kier molecular flexibility index (Phi) is 4.10. The third kappa shape index (κ3) is 2.24. The van der Waals surface area contributed by atoms with Crippen molar-refractivity contribution < 1.29 is 53.4 Å². The van der Waals surface area contributed by atoms with Gasteiger partial charge in [-0.3, -0.25) is 4.79 Å². The summed E-state index contributed by atoms with van der Waals surface area (Å²) in [6.45, 7) is 0. The molecule has 2 rings (SSSR count). The molecular formula is C12F10O2. The van der Waals surface area contributed by atoms with Gasteiger partial charge in [0.1, 0.15) is 0 Å². The van der Waals surface area contributed by atoms with Crippen LogP contribution in [0, 0.1) is 29.1 Å². The van der Waals surface area contributed by atoms with Crippen LogP contribution in [0.3, 0.4) is 0 Å². The lowest BCUT2D eigenvalue weighted by Gasteiger charge is -2.26. The van der Waals surface area contributed by atoms with Crippen molar-refractivity contribution in [2.75, 3.05) is 0 Å². The molecule has 1 aliphatic rings. The molecule has 0 aromatic heterocycles. The van der Waals surface area contributed by atoms with E-state index < -0.39 is 69.8 Å². The molecule has 0 saturated carbocycles. The molecule has 130 valence electrons. The zero-order chi connectivity index (χ0) is 18.6. The number of alkyl halides is 1. The summed E-state index contributed by atoms with van der Waals surface area (Å²) in [7, 11) is 0. The monoisotopic (exact) mass is 366 g/mol. The summed E-state index contributed by atoms with van der Waals surface area (Å²) >= 11 is 0. The van der Waals surface area contributed by atoms with Crippen molar-refractivity contribution in [2.24, 2.45) is 0 Å². The van der Waals surface area contributed by atoms with Crippen LogP contribution in [0.5, 0.6) is 5.75 Å². The summed E-state index contributed by atoms with van der Waals surface area (Å²) in [4.78, 5) is 11.2. The van der Waals surface area contributed by atoms with Gasteiger partial charge in [-0.2, -0.15) is 17.6 Å².